The Morgan fingerprint density at radius 3 is 3.00 bits per heavy atom. The number of nitriles is 1. The van der Waals surface area contributed by atoms with Crippen LogP contribution in [0.1, 0.15) is 24.6 Å². The topological polar surface area (TPSA) is 50.8 Å². The lowest BCUT2D eigenvalue weighted by molar-refractivity contribution is 0.0693. The van der Waals surface area contributed by atoms with Gasteiger partial charge in [-0.3, -0.25) is 0 Å². The van der Waals surface area contributed by atoms with E-state index >= 15 is 0 Å². The van der Waals surface area contributed by atoms with Gasteiger partial charge in [-0.05, 0) is 12.8 Å². The van der Waals surface area contributed by atoms with E-state index in [1.54, 1.807) is 12.5 Å². The molecule has 0 atom stereocenters. The summed E-state index contributed by atoms with van der Waals surface area (Å²) in [7, 11) is 0. The van der Waals surface area contributed by atoms with Gasteiger partial charge in [-0.25, -0.2) is 4.98 Å². The van der Waals surface area contributed by atoms with Crippen molar-refractivity contribution >= 4 is 0 Å². The summed E-state index contributed by atoms with van der Waals surface area (Å²) in [6, 6.07) is 2.53. The molecule has 1 fully saturated rings. The van der Waals surface area contributed by atoms with Gasteiger partial charge in [0.25, 0.3) is 0 Å². The van der Waals surface area contributed by atoms with Crippen molar-refractivity contribution < 1.29 is 4.74 Å². The third-order valence-corrected chi connectivity index (χ3v) is 2.36. The second-order valence-electron chi connectivity index (χ2n) is 3.14. The van der Waals surface area contributed by atoms with Crippen LogP contribution in [-0.2, 0) is 4.74 Å². The number of ether oxygens (including phenoxy) is 1. The Balaban J connectivity index is 2.19. The molecular formula is C9H11N3O. The van der Waals surface area contributed by atoms with Crippen LogP contribution in [0, 0.1) is 11.3 Å². The Labute approximate surface area is 76.8 Å². The van der Waals surface area contributed by atoms with Gasteiger partial charge in [-0.2, -0.15) is 5.26 Å². The molecule has 1 aliphatic rings. The molecule has 4 heteroatoms. The predicted octanol–water partition coefficient (Wildman–Crippen LogP) is 1.11. The number of hydrogen-bond donors (Lipinski definition) is 0. The average Bonchev–Trinajstić information content (AvgIpc) is 2.67. The minimum absolute atomic E-state index is 0.394. The highest BCUT2D eigenvalue weighted by atomic mass is 16.5. The largest absolute Gasteiger partial charge is 0.381 e. The molecule has 0 bridgehead atoms. The van der Waals surface area contributed by atoms with Gasteiger partial charge in [-0.15, -0.1) is 0 Å². The van der Waals surface area contributed by atoms with E-state index in [0.29, 0.717) is 11.7 Å². The highest BCUT2D eigenvalue weighted by molar-refractivity contribution is 5.18. The van der Waals surface area contributed by atoms with Crippen molar-refractivity contribution in [3.05, 3.63) is 18.2 Å². The summed E-state index contributed by atoms with van der Waals surface area (Å²) in [4.78, 5) is 3.97. The minimum atomic E-state index is 0.394. The molecule has 1 aromatic rings. The average molecular weight is 177 g/mol. The zero-order valence-corrected chi connectivity index (χ0v) is 7.31. The number of hydrogen-bond acceptors (Lipinski definition) is 3. The molecule has 0 radical (unpaired) electrons. The first kappa shape index (κ1) is 8.27. The molecule has 0 aromatic carbocycles. The Bertz CT molecular complexity index is 320. The minimum Gasteiger partial charge on any atom is -0.381 e. The summed E-state index contributed by atoms with van der Waals surface area (Å²) >= 11 is 0. The first-order chi connectivity index (χ1) is 6.42. The van der Waals surface area contributed by atoms with Crippen molar-refractivity contribution in [1.29, 1.82) is 5.26 Å². The van der Waals surface area contributed by atoms with Crippen LogP contribution < -0.4 is 0 Å². The number of imidazole rings is 1. The second kappa shape index (κ2) is 3.58. The molecular weight excluding hydrogens is 166 g/mol. The summed E-state index contributed by atoms with van der Waals surface area (Å²) in [5.74, 6) is 0. The molecule has 1 aliphatic heterocycles. The van der Waals surface area contributed by atoms with Crippen molar-refractivity contribution in [3.63, 3.8) is 0 Å². The molecule has 0 aliphatic carbocycles. The highest BCUT2D eigenvalue weighted by Gasteiger charge is 2.17. The SMILES string of the molecule is N#Cc1cncn1C1CCOCC1. The van der Waals surface area contributed by atoms with Gasteiger partial charge in [0.15, 0.2) is 0 Å². The Morgan fingerprint density at radius 1 is 1.54 bits per heavy atom. The highest BCUT2D eigenvalue weighted by Crippen LogP contribution is 2.21. The summed E-state index contributed by atoms with van der Waals surface area (Å²) < 4.78 is 7.20. The molecule has 68 valence electrons. The molecule has 0 spiro atoms. The van der Waals surface area contributed by atoms with E-state index < -0.39 is 0 Å². The Hall–Kier alpha value is -1.34. The van der Waals surface area contributed by atoms with Crippen molar-refractivity contribution in [3.8, 4) is 6.07 Å². The molecule has 2 heterocycles. The third-order valence-electron chi connectivity index (χ3n) is 2.36. The quantitative estimate of drug-likeness (QED) is 0.645. The van der Waals surface area contributed by atoms with E-state index in [9.17, 15) is 0 Å². The van der Waals surface area contributed by atoms with Gasteiger partial charge in [-0.1, -0.05) is 0 Å². The summed E-state index contributed by atoms with van der Waals surface area (Å²) in [6.45, 7) is 1.57. The fourth-order valence-corrected chi connectivity index (χ4v) is 1.65. The lowest BCUT2D eigenvalue weighted by Gasteiger charge is -2.23. The van der Waals surface area contributed by atoms with Crippen LogP contribution in [0.5, 0.6) is 0 Å². The van der Waals surface area contributed by atoms with Crippen molar-refractivity contribution in [2.24, 2.45) is 0 Å². The van der Waals surface area contributed by atoms with E-state index in [2.05, 4.69) is 11.1 Å². The van der Waals surface area contributed by atoms with E-state index in [-0.39, 0.29) is 0 Å². The number of rotatable bonds is 1. The van der Waals surface area contributed by atoms with Gasteiger partial charge in [0, 0.05) is 19.3 Å². The van der Waals surface area contributed by atoms with Crippen LogP contribution in [0.4, 0.5) is 0 Å². The Kier molecular flexibility index (Phi) is 2.28. The molecule has 0 N–H and O–H groups in total. The molecule has 0 amide bonds. The third kappa shape index (κ3) is 1.56. The zero-order chi connectivity index (χ0) is 9.10. The molecule has 13 heavy (non-hydrogen) atoms. The number of nitrogens with zero attached hydrogens (tertiary/aromatic N) is 3. The fourth-order valence-electron chi connectivity index (χ4n) is 1.65. The van der Waals surface area contributed by atoms with E-state index in [4.69, 9.17) is 10.00 Å². The standard InChI is InChI=1S/C9H11N3O/c10-5-9-6-11-7-12(9)8-1-3-13-4-2-8/h6-8H,1-4H2. The van der Waals surface area contributed by atoms with E-state index in [1.807, 2.05) is 4.57 Å². The molecule has 1 saturated heterocycles. The Morgan fingerprint density at radius 2 is 2.31 bits per heavy atom. The summed E-state index contributed by atoms with van der Waals surface area (Å²) in [5.41, 5.74) is 0.645. The van der Waals surface area contributed by atoms with Crippen LogP contribution in [0.2, 0.25) is 0 Å². The molecule has 2 rings (SSSR count). The normalized spacial score (nSPS) is 18.4. The van der Waals surface area contributed by atoms with Crippen LogP contribution in [0.15, 0.2) is 12.5 Å². The zero-order valence-electron chi connectivity index (χ0n) is 7.31. The second-order valence-corrected chi connectivity index (χ2v) is 3.14. The van der Waals surface area contributed by atoms with Gasteiger partial charge >= 0.3 is 0 Å². The number of aromatic nitrogens is 2. The van der Waals surface area contributed by atoms with E-state index in [0.717, 1.165) is 26.1 Å². The molecule has 1 aromatic heterocycles. The molecule has 4 nitrogen and oxygen atoms in total. The van der Waals surface area contributed by atoms with Crippen molar-refractivity contribution in [1.82, 2.24) is 9.55 Å². The molecule has 0 saturated carbocycles. The van der Waals surface area contributed by atoms with Gasteiger partial charge < -0.3 is 9.30 Å². The van der Waals surface area contributed by atoms with Crippen LogP contribution in [0.3, 0.4) is 0 Å². The lowest BCUT2D eigenvalue weighted by atomic mass is 10.1. The van der Waals surface area contributed by atoms with Crippen LogP contribution >= 0.6 is 0 Å². The monoisotopic (exact) mass is 177 g/mol. The molecule has 0 unspecified atom stereocenters. The summed E-state index contributed by atoms with van der Waals surface area (Å²) in [5, 5.41) is 8.80. The van der Waals surface area contributed by atoms with Gasteiger partial charge in [0.05, 0.1) is 12.5 Å². The lowest BCUT2D eigenvalue weighted by Crippen LogP contribution is -2.19. The van der Waals surface area contributed by atoms with Crippen molar-refractivity contribution in [2.45, 2.75) is 18.9 Å². The van der Waals surface area contributed by atoms with E-state index in [1.165, 1.54) is 0 Å². The van der Waals surface area contributed by atoms with Crippen molar-refractivity contribution in [2.75, 3.05) is 13.2 Å². The predicted molar refractivity (Wildman–Crippen MR) is 46.0 cm³/mol. The first-order valence-electron chi connectivity index (χ1n) is 4.41. The van der Waals surface area contributed by atoms with Crippen LogP contribution in [-0.4, -0.2) is 22.8 Å². The smallest absolute Gasteiger partial charge is 0.140 e. The maximum Gasteiger partial charge on any atom is 0.140 e. The van der Waals surface area contributed by atoms with Crippen LogP contribution in [0.25, 0.3) is 0 Å². The van der Waals surface area contributed by atoms with Gasteiger partial charge in [0.2, 0.25) is 0 Å². The fraction of sp³-hybridized carbons (Fsp3) is 0.556. The van der Waals surface area contributed by atoms with Gasteiger partial charge in [0.1, 0.15) is 11.8 Å². The first-order valence-corrected chi connectivity index (χ1v) is 4.41. The summed E-state index contributed by atoms with van der Waals surface area (Å²) in [6.07, 6.45) is 5.29. The maximum absolute atomic E-state index is 8.80. The maximum atomic E-state index is 8.80.